The molecule has 1 aliphatic carbocycles. The molecule has 0 saturated heterocycles. The number of anilines is 1. The molecular formula is C21H27NO4. The van der Waals surface area contributed by atoms with E-state index >= 15 is 0 Å². The van der Waals surface area contributed by atoms with Crippen molar-refractivity contribution >= 4 is 23.0 Å². The summed E-state index contributed by atoms with van der Waals surface area (Å²) in [5.41, 5.74) is 1.33. The minimum Gasteiger partial charge on any atom is -0.384 e. The highest BCUT2D eigenvalue weighted by Gasteiger charge is 2.46. The zero-order valence-corrected chi connectivity index (χ0v) is 15.8. The maximum absolute atomic E-state index is 12.7. The Kier molecular flexibility index (Phi) is 6.48. The number of methoxy groups -OCH3 is 1. The van der Waals surface area contributed by atoms with Crippen LogP contribution in [0.25, 0.3) is 0 Å². The molecule has 1 unspecified atom stereocenters. The second-order valence-electron chi connectivity index (χ2n) is 6.79. The molecule has 1 aliphatic rings. The second-order valence-corrected chi connectivity index (χ2v) is 6.79. The molecule has 0 spiro atoms. The van der Waals surface area contributed by atoms with E-state index in [1.807, 2.05) is 13.8 Å². The fraction of sp³-hybridized carbons (Fsp3) is 0.476. The number of ether oxygens (including phenoxy) is 1. The normalized spacial score (nSPS) is 19.5. The monoisotopic (exact) mass is 357 g/mol. The van der Waals surface area contributed by atoms with Crippen molar-refractivity contribution in [3.8, 4) is 0 Å². The van der Waals surface area contributed by atoms with E-state index < -0.39 is 11.5 Å². The number of carbonyl (C=O) groups excluding carboxylic acids is 3. The van der Waals surface area contributed by atoms with Crippen molar-refractivity contribution in [2.24, 2.45) is 5.41 Å². The maximum atomic E-state index is 12.7. The zero-order chi connectivity index (χ0) is 19.3. The van der Waals surface area contributed by atoms with Gasteiger partial charge in [0.05, 0.1) is 6.61 Å². The predicted octanol–water partition coefficient (Wildman–Crippen LogP) is 3.59. The molecule has 0 amide bonds. The molecule has 0 radical (unpaired) electrons. The smallest absolute Gasteiger partial charge is 0.188 e. The molecule has 1 atom stereocenters. The summed E-state index contributed by atoms with van der Waals surface area (Å²) in [6.07, 6.45) is 2.10. The number of hydrogen-bond acceptors (Lipinski definition) is 5. The molecule has 0 bridgehead atoms. The Labute approximate surface area is 154 Å². The summed E-state index contributed by atoms with van der Waals surface area (Å²) in [4.78, 5) is 37.3. The predicted molar refractivity (Wildman–Crippen MR) is 101 cm³/mol. The summed E-state index contributed by atoms with van der Waals surface area (Å²) < 4.78 is 4.91. The number of rotatable bonds is 8. The SMILES string of the molecule is C=C1C(=O)C(Nc2ccc(C(=O)CCOC)cc2)C(=O)CC1(CC)CC. The topological polar surface area (TPSA) is 72.5 Å². The van der Waals surface area contributed by atoms with Crippen molar-refractivity contribution in [1.82, 2.24) is 0 Å². The van der Waals surface area contributed by atoms with Gasteiger partial charge in [-0.1, -0.05) is 20.4 Å². The van der Waals surface area contributed by atoms with Gasteiger partial charge < -0.3 is 10.1 Å². The van der Waals surface area contributed by atoms with E-state index in [2.05, 4.69) is 11.9 Å². The van der Waals surface area contributed by atoms with Gasteiger partial charge in [0, 0.05) is 36.6 Å². The van der Waals surface area contributed by atoms with Crippen LogP contribution in [-0.4, -0.2) is 37.1 Å². The molecule has 1 N–H and O–H groups in total. The minimum absolute atomic E-state index is 0.00716. The average Bonchev–Trinajstić information content (AvgIpc) is 2.66. The lowest BCUT2D eigenvalue weighted by Crippen LogP contribution is -2.49. The molecule has 1 aromatic rings. The molecule has 2 rings (SSSR count). The maximum Gasteiger partial charge on any atom is 0.188 e. The quantitative estimate of drug-likeness (QED) is 0.437. The molecule has 140 valence electrons. The first-order chi connectivity index (χ1) is 12.4. The van der Waals surface area contributed by atoms with Gasteiger partial charge in [-0.15, -0.1) is 0 Å². The highest BCUT2D eigenvalue weighted by atomic mass is 16.5. The number of nitrogens with one attached hydrogen (secondary N) is 1. The van der Waals surface area contributed by atoms with Gasteiger partial charge in [0.1, 0.15) is 6.04 Å². The van der Waals surface area contributed by atoms with E-state index in [-0.39, 0.29) is 17.3 Å². The van der Waals surface area contributed by atoms with E-state index in [0.29, 0.717) is 36.3 Å². The first kappa shape index (κ1) is 20.0. The molecule has 1 fully saturated rings. The van der Waals surface area contributed by atoms with Gasteiger partial charge in [-0.2, -0.15) is 0 Å². The molecule has 0 aliphatic heterocycles. The van der Waals surface area contributed by atoms with Crippen LogP contribution >= 0.6 is 0 Å². The number of benzene rings is 1. The molecule has 5 nitrogen and oxygen atoms in total. The molecular weight excluding hydrogens is 330 g/mol. The Bertz CT molecular complexity index is 701. The van der Waals surface area contributed by atoms with E-state index in [0.717, 1.165) is 12.8 Å². The number of Topliss-reactive ketones (excluding diaryl/α,β-unsaturated/α-hetero) is 3. The summed E-state index contributed by atoms with van der Waals surface area (Å²) in [5, 5.41) is 3.01. The third kappa shape index (κ3) is 3.93. The number of ketones is 3. The van der Waals surface area contributed by atoms with Crippen molar-refractivity contribution in [1.29, 1.82) is 0 Å². The second kappa shape index (κ2) is 8.41. The third-order valence-corrected chi connectivity index (χ3v) is 5.44. The standard InChI is InChI=1S/C21H27NO4/c1-5-21(6-2)13-18(24)19(20(25)14(21)3)22-16-9-7-15(8-10-16)17(23)11-12-26-4/h7-10,19,22H,3,5-6,11-13H2,1-2,4H3. The lowest BCUT2D eigenvalue weighted by atomic mass is 9.65. The summed E-state index contributed by atoms with van der Waals surface area (Å²) in [6.45, 7) is 8.34. The highest BCUT2D eigenvalue weighted by molar-refractivity contribution is 6.19. The van der Waals surface area contributed by atoms with Crippen LogP contribution in [0.4, 0.5) is 5.69 Å². The Balaban J connectivity index is 2.11. The van der Waals surface area contributed by atoms with Crippen LogP contribution in [0.5, 0.6) is 0 Å². The van der Waals surface area contributed by atoms with Gasteiger partial charge in [0.15, 0.2) is 17.3 Å². The van der Waals surface area contributed by atoms with Crippen molar-refractivity contribution in [3.63, 3.8) is 0 Å². The summed E-state index contributed by atoms with van der Waals surface area (Å²) >= 11 is 0. The first-order valence-corrected chi connectivity index (χ1v) is 9.03. The van der Waals surface area contributed by atoms with Crippen molar-refractivity contribution < 1.29 is 19.1 Å². The van der Waals surface area contributed by atoms with Gasteiger partial charge in [-0.25, -0.2) is 0 Å². The van der Waals surface area contributed by atoms with E-state index in [4.69, 9.17) is 4.74 Å². The van der Waals surface area contributed by atoms with Crippen LogP contribution in [-0.2, 0) is 14.3 Å². The van der Waals surface area contributed by atoms with E-state index in [1.54, 1.807) is 31.4 Å². The van der Waals surface area contributed by atoms with Gasteiger partial charge >= 0.3 is 0 Å². The van der Waals surface area contributed by atoms with Crippen LogP contribution in [0, 0.1) is 5.41 Å². The molecule has 1 aromatic carbocycles. The van der Waals surface area contributed by atoms with Gasteiger partial charge in [0.2, 0.25) is 0 Å². The number of hydrogen-bond donors (Lipinski definition) is 1. The summed E-state index contributed by atoms with van der Waals surface area (Å²) in [6, 6.07) is 5.91. The summed E-state index contributed by atoms with van der Waals surface area (Å²) in [5.74, 6) is -0.344. The van der Waals surface area contributed by atoms with Gasteiger partial charge in [0.25, 0.3) is 0 Å². The average molecular weight is 357 g/mol. The zero-order valence-electron chi connectivity index (χ0n) is 15.8. The van der Waals surface area contributed by atoms with E-state index in [9.17, 15) is 14.4 Å². The Morgan fingerprint density at radius 1 is 1.23 bits per heavy atom. The van der Waals surface area contributed by atoms with Crippen LogP contribution < -0.4 is 5.32 Å². The summed E-state index contributed by atoms with van der Waals surface area (Å²) in [7, 11) is 1.55. The lowest BCUT2D eigenvalue weighted by molar-refractivity contribution is -0.131. The van der Waals surface area contributed by atoms with Crippen LogP contribution in [0.3, 0.4) is 0 Å². The van der Waals surface area contributed by atoms with Crippen molar-refractivity contribution in [2.45, 2.75) is 45.6 Å². The van der Waals surface area contributed by atoms with Gasteiger partial charge in [-0.3, -0.25) is 14.4 Å². The highest BCUT2D eigenvalue weighted by Crippen LogP contribution is 2.42. The first-order valence-electron chi connectivity index (χ1n) is 9.03. The van der Waals surface area contributed by atoms with Crippen LogP contribution in [0.15, 0.2) is 36.4 Å². The van der Waals surface area contributed by atoms with E-state index in [1.165, 1.54) is 0 Å². The molecule has 26 heavy (non-hydrogen) atoms. The molecule has 1 saturated carbocycles. The van der Waals surface area contributed by atoms with Gasteiger partial charge in [-0.05, 0) is 42.7 Å². The Morgan fingerprint density at radius 3 is 2.38 bits per heavy atom. The fourth-order valence-corrected chi connectivity index (χ4v) is 3.45. The molecule has 0 heterocycles. The Hall–Kier alpha value is -2.27. The minimum atomic E-state index is -0.899. The fourth-order valence-electron chi connectivity index (χ4n) is 3.45. The van der Waals surface area contributed by atoms with Crippen LogP contribution in [0.2, 0.25) is 0 Å². The third-order valence-electron chi connectivity index (χ3n) is 5.44. The van der Waals surface area contributed by atoms with Crippen molar-refractivity contribution in [3.05, 3.63) is 42.0 Å². The molecule has 0 aromatic heterocycles. The van der Waals surface area contributed by atoms with Crippen molar-refractivity contribution in [2.75, 3.05) is 19.0 Å². The largest absolute Gasteiger partial charge is 0.384 e. The lowest BCUT2D eigenvalue weighted by Gasteiger charge is -2.39. The molecule has 5 heteroatoms. The number of carbonyl (C=O) groups is 3. The van der Waals surface area contributed by atoms with Crippen LogP contribution in [0.1, 0.15) is 49.9 Å². The Morgan fingerprint density at radius 2 is 1.85 bits per heavy atom.